The van der Waals surface area contributed by atoms with Gasteiger partial charge in [-0.15, -0.1) is 0 Å². The van der Waals surface area contributed by atoms with Crippen molar-refractivity contribution >= 4 is 0 Å². The minimum Gasteiger partial charge on any atom is -0.268 e. The molecule has 1 aliphatic carbocycles. The van der Waals surface area contributed by atoms with Crippen molar-refractivity contribution in [1.82, 2.24) is 10.2 Å². The van der Waals surface area contributed by atoms with Gasteiger partial charge in [0.15, 0.2) is 0 Å². The Balaban J connectivity index is 2.30. The monoisotopic (exact) mass is 240 g/mol. The second-order valence-corrected chi connectivity index (χ2v) is 5.05. The SMILES string of the molecule is Cc1cc2c(cc1C)-c1n[nH]c(=O)cc1CCC2. The molecule has 0 aliphatic heterocycles. The van der Waals surface area contributed by atoms with Gasteiger partial charge in [-0.3, -0.25) is 4.79 Å². The van der Waals surface area contributed by atoms with Gasteiger partial charge in [0.1, 0.15) is 0 Å². The third kappa shape index (κ3) is 1.76. The fourth-order valence-electron chi connectivity index (χ4n) is 2.64. The maximum atomic E-state index is 11.4. The lowest BCUT2D eigenvalue weighted by molar-refractivity contribution is 0.826. The second kappa shape index (κ2) is 4.09. The van der Waals surface area contributed by atoms with Crippen molar-refractivity contribution in [3.63, 3.8) is 0 Å². The maximum Gasteiger partial charge on any atom is 0.264 e. The highest BCUT2D eigenvalue weighted by Gasteiger charge is 2.17. The van der Waals surface area contributed by atoms with Crippen LogP contribution in [0.15, 0.2) is 23.0 Å². The fraction of sp³-hybridized carbons (Fsp3) is 0.333. The van der Waals surface area contributed by atoms with Crippen molar-refractivity contribution in [2.24, 2.45) is 0 Å². The molecule has 0 radical (unpaired) electrons. The smallest absolute Gasteiger partial charge is 0.264 e. The molecule has 1 aromatic heterocycles. The van der Waals surface area contributed by atoms with Gasteiger partial charge in [0.2, 0.25) is 0 Å². The molecule has 1 heterocycles. The highest BCUT2D eigenvalue weighted by molar-refractivity contribution is 5.69. The van der Waals surface area contributed by atoms with E-state index in [-0.39, 0.29) is 5.56 Å². The van der Waals surface area contributed by atoms with Crippen LogP contribution in [-0.2, 0) is 12.8 Å². The lowest BCUT2D eigenvalue weighted by atomic mass is 9.96. The van der Waals surface area contributed by atoms with Crippen LogP contribution in [-0.4, -0.2) is 10.2 Å². The van der Waals surface area contributed by atoms with Crippen molar-refractivity contribution in [3.05, 3.63) is 50.8 Å². The van der Waals surface area contributed by atoms with E-state index in [1.54, 1.807) is 6.07 Å². The van der Waals surface area contributed by atoms with Crippen molar-refractivity contribution < 1.29 is 0 Å². The predicted octanol–water partition coefficient (Wildman–Crippen LogP) is 2.54. The highest BCUT2D eigenvalue weighted by atomic mass is 16.1. The van der Waals surface area contributed by atoms with Crippen LogP contribution >= 0.6 is 0 Å². The summed E-state index contributed by atoms with van der Waals surface area (Å²) in [6, 6.07) is 6.14. The summed E-state index contributed by atoms with van der Waals surface area (Å²) in [6.45, 7) is 4.26. The molecule has 3 heteroatoms. The van der Waals surface area contributed by atoms with E-state index in [9.17, 15) is 4.79 Å². The van der Waals surface area contributed by atoms with Gasteiger partial charge in [-0.25, -0.2) is 5.10 Å². The Morgan fingerprint density at radius 2 is 1.78 bits per heavy atom. The molecule has 0 fully saturated rings. The van der Waals surface area contributed by atoms with Gasteiger partial charge < -0.3 is 0 Å². The van der Waals surface area contributed by atoms with Gasteiger partial charge >= 0.3 is 0 Å². The van der Waals surface area contributed by atoms with Gasteiger partial charge in [0.25, 0.3) is 5.56 Å². The van der Waals surface area contributed by atoms with E-state index in [1.807, 2.05) is 0 Å². The molecule has 0 atom stereocenters. The summed E-state index contributed by atoms with van der Waals surface area (Å²) in [5.41, 5.74) is 7.03. The lowest BCUT2D eigenvalue weighted by Crippen LogP contribution is -2.09. The molecule has 3 nitrogen and oxygen atoms in total. The molecule has 1 aliphatic rings. The van der Waals surface area contributed by atoms with Crippen LogP contribution in [0.4, 0.5) is 0 Å². The Hall–Kier alpha value is -1.90. The number of hydrogen-bond donors (Lipinski definition) is 1. The van der Waals surface area contributed by atoms with Gasteiger partial charge in [0.05, 0.1) is 5.69 Å². The van der Waals surface area contributed by atoms with Crippen LogP contribution in [0.5, 0.6) is 0 Å². The Kier molecular flexibility index (Phi) is 2.54. The van der Waals surface area contributed by atoms with E-state index in [1.165, 1.54) is 22.3 Å². The van der Waals surface area contributed by atoms with Gasteiger partial charge in [-0.2, -0.15) is 5.10 Å². The molecular weight excluding hydrogens is 224 g/mol. The van der Waals surface area contributed by atoms with Crippen LogP contribution in [0, 0.1) is 13.8 Å². The zero-order valence-corrected chi connectivity index (χ0v) is 10.7. The van der Waals surface area contributed by atoms with Crippen LogP contribution < -0.4 is 5.56 Å². The number of H-pyrrole nitrogens is 1. The number of hydrogen-bond acceptors (Lipinski definition) is 2. The average molecular weight is 240 g/mol. The summed E-state index contributed by atoms with van der Waals surface area (Å²) < 4.78 is 0. The minimum absolute atomic E-state index is 0.110. The first-order valence-electron chi connectivity index (χ1n) is 6.34. The number of benzene rings is 1. The summed E-state index contributed by atoms with van der Waals surface area (Å²) in [7, 11) is 0. The first-order valence-corrected chi connectivity index (χ1v) is 6.34. The van der Waals surface area contributed by atoms with E-state index in [0.717, 1.165) is 30.5 Å². The molecule has 0 unspecified atom stereocenters. The van der Waals surface area contributed by atoms with E-state index < -0.39 is 0 Å². The molecule has 18 heavy (non-hydrogen) atoms. The lowest BCUT2D eigenvalue weighted by Gasteiger charge is -2.10. The molecule has 1 N–H and O–H groups in total. The van der Waals surface area contributed by atoms with Gasteiger partial charge in [-0.05, 0) is 61.4 Å². The number of rotatable bonds is 0. The molecule has 92 valence electrons. The van der Waals surface area contributed by atoms with Crippen molar-refractivity contribution in [2.75, 3.05) is 0 Å². The van der Waals surface area contributed by atoms with E-state index in [0.29, 0.717) is 0 Å². The van der Waals surface area contributed by atoms with E-state index >= 15 is 0 Å². The number of nitrogens with zero attached hydrogens (tertiary/aromatic N) is 1. The Bertz CT molecular complexity index is 671. The molecule has 0 saturated heterocycles. The largest absolute Gasteiger partial charge is 0.268 e. The molecule has 2 aromatic rings. The van der Waals surface area contributed by atoms with Crippen molar-refractivity contribution in [1.29, 1.82) is 0 Å². The number of aromatic nitrogens is 2. The second-order valence-electron chi connectivity index (χ2n) is 5.05. The summed E-state index contributed by atoms with van der Waals surface area (Å²) in [5.74, 6) is 0. The first kappa shape index (κ1) is 11.2. The molecule has 0 spiro atoms. The summed E-state index contributed by atoms with van der Waals surface area (Å²) in [5, 5.41) is 6.81. The average Bonchev–Trinajstić information content (AvgIpc) is 2.49. The third-order valence-corrected chi connectivity index (χ3v) is 3.75. The molecule has 1 aromatic carbocycles. The summed E-state index contributed by atoms with van der Waals surface area (Å²) in [6.07, 6.45) is 3.06. The number of fused-ring (bicyclic) bond motifs is 3. The van der Waals surface area contributed by atoms with Crippen molar-refractivity contribution in [3.8, 4) is 11.3 Å². The molecular formula is C15H16N2O. The van der Waals surface area contributed by atoms with Crippen LogP contribution in [0.1, 0.15) is 28.7 Å². The summed E-state index contributed by atoms with van der Waals surface area (Å²) in [4.78, 5) is 11.4. The standard InChI is InChI=1S/C15H16N2O/c1-9-6-11-4-3-5-12-8-14(18)16-17-15(12)13(11)7-10(9)2/h6-8H,3-5H2,1-2H3,(H,16,18). The molecule has 0 saturated carbocycles. The topological polar surface area (TPSA) is 45.8 Å². The normalized spacial score (nSPS) is 13.7. The molecule has 3 rings (SSSR count). The van der Waals surface area contributed by atoms with Crippen LogP contribution in [0.3, 0.4) is 0 Å². The Morgan fingerprint density at radius 1 is 1.06 bits per heavy atom. The van der Waals surface area contributed by atoms with Crippen LogP contribution in [0.25, 0.3) is 11.3 Å². The number of aryl methyl sites for hydroxylation is 4. The highest BCUT2D eigenvalue weighted by Crippen LogP contribution is 2.31. The van der Waals surface area contributed by atoms with Gasteiger partial charge in [0, 0.05) is 11.6 Å². The zero-order valence-electron chi connectivity index (χ0n) is 10.7. The van der Waals surface area contributed by atoms with Crippen molar-refractivity contribution in [2.45, 2.75) is 33.1 Å². The first-order chi connectivity index (χ1) is 8.65. The molecule has 0 bridgehead atoms. The fourth-order valence-corrected chi connectivity index (χ4v) is 2.64. The minimum atomic E-state index is -0.110. The summed E-state index contributed by atoms with van der Waals surface area (Å²) >= 11 is 0. The number of nitrogens with one attached hydrogen (secondary N) is 1. The van der Waals surface area contributed by atoms with Gasteiger partial charge in [-0.1, -0.05) is 6.07 Å². The van der Waals surface area contributed by atoms with Crippen LogP contribution in [0.2, 0.25) is 0 Å². The Labute approximate surface area is 106 Å². The van der Waals surface area contributed by atoms with E-state index in [4.69, 9.17) is 0 Å². The Morgan fingerprint density at radius 3 is 2.61 bits per heavy atom. The zero-order chi connectivity index (χ0) is 12.7. The maximum absolute atomic E-state index is 11.4. The number of aromatic amines is 1. The van der Waals surface area contributed by atoms with E-state index in [2.05, 4.69) is 36.2 Å². The predicted molar refractivity (Wildman–Crippen MR) is 71.8 cm³/mol. The molecule has 0 amide bonds. The third-order valence-electron chi connectivity index (χ3n) is 3.75. The quantitative estimate of drug-likeness (QED) is 0.769.